The summed E-state index contributed by atoms with van der Waals surface area (Å²) in [6, 6.07) is 5.33. The van der Waals surface area contributed by atoms with Crippen molar-refractivity contribution in [1.29, 1.82) is 0 Å². The average molecular weight is 188 g/mol. The first kappa shape index (κ1) is 9.13. The molecule has 2 heteroatoms. The van der Waals surface area contributed by atoms with Crippen LogP contribution in [0.4, 0.5) is 0 Å². The average Bonchev–Trinajstić information content (AvgIpc) is 3.00. The quantitative estimate of drug-likeness (QED) is 0.539. The van der Waals surface area contributed by atoms with Crippen molar-refractivity contribution in [3.8, 4) is 0 Å². The molecular weight excluding hydrogens is 176 g/mol. The second-order valence-corrected chi connectivity index (χ2v) is 3.79. The Kier molecular flexibility index (Phi) is 2.20. The van der Waals surface area contributed by atoms with E-state index in [9.17, 15) is 9.59 Å². The molecule has 0 bridgehead atoms. The first-order valence-corrected chi connectivity index (χ1v) is 4.82. The van der Waals surface area contributed by atoms with Gasteiger partial charge in [0.2, 0.25) is 0 Å². The Hall–Kier alpha value is -1.44. The highest BCUT2D eigenvalue weighted by Crippen LogP contribution is 2.41. The van der Waals surface area contributed by atoms with Gasteiger partial charge in [-0.2, -0.15) is 0 Å². The molecular formula is C12H12O2. The van der Waals surface area contributed by atoms with Crippen LogP contribution in [0.25, 0.3) is 0 Å². The molecule has 0 saturated heterocycles. The summed E-state index contributed by atoms with van der Waals surface area (Å²) in [6.07, 6.45) is 3.15. The van der Waals surface area contributed by atoms with Crippen LogP contribution in [0.15, 0.2) is 18.2 Å². The number of rotatable bonds is 3. The summed E-state index contributed by atoms with van der Waals surface area (Å²) in [5.74, 6) is 0.568. The highest BCUT2D eigenvalue weighted by molar-refractivity contribution is 5.95. The first-order valence-electron chi connectivity index (χ1n) is 4.82. The molecule has 0 spiro atoms. The lowest BCUT2D eigenvalue weighted by Gasteiger charge is -2.04. The molecule has 0 unspecified atom stereocenters. The maximum Gasteiger partial charge on any atom is 0.159 e. The van der Waals surface area contributed by atoms with Crippen molar-refractivity contribution in [1.82, 2.24) is 0 Å². The van der Waals surface area contributed by atoms with E-state index in [1.165, 1.54) is 0 Å². The zero-order chi connectivity index (χ0) is 10.1. The predicted octanol–water partition coefficient (Wildman–Crippen LogP) is 2.58. The van der Waals surface area contributed by atoms with Gasteiger partial charge in [-0.1, -0.05) is 12.1 Å². The topological polar surface area (TPSA) is 34.1 Å². The summed E-state index contributed by atoms with van der Waals surface area (Å²) in [5.41, 5.74) is 2.49. The van der Waals surface area contributed by atoms with Crippen LogP contribution in [0.5, 0.6) is 0 Å². The Labute approximate surface area is 82.9 Å². The molecule has 0 radical (unpaired) electrons. The fourth-order valence-corrected chi connectivity index (χ4v) is 1.65. The van der Waals surface area contributed by atoms with Gasteiger partial charge in [-0.3, -0.25) is 9.59 Å². The SMILES string of the molecule is CC(=O)c1ccc(C=O)c(C2CC2)c1. The summed E-state index contributed by atoms with van der Waals surface area (Å²) in [7, 11) is 0. The van der Waals surface area contributed by atoms with Crippen molar-refractivity contribution < 1.29 is 9.59 Å². The van der Waals surface area contributed by atoms with Crippen molar-refractivity contribution in [3.63, 3.8) is 0 Å². The normalized spacial score (nSPS) is 15.2. The number of aldehydes is 1. The summed E-state index contributed by atoms with van der Waals surface area (Å²) in [4.78, 5) is 21.9. The number of Topliss-reactive ketones (excluding diaryl/α,β-unsaturated/α-hetero) is 1. The third-order valence-electron chi connectivity index (χ3n) is 2.64. The van der Waals surface area contributed by atoms with Crippen molar-refractivity contribution in [2.75, 3.05) is 0 Å². The third-order valence-corrected chi connectivity index (χ3v) is 2.64. The molecule has 1 aromatic carbocycles. The molecule has 0 aromatic heterocycles. The van der Waals surface area contributed by atoms with E-state index in [1.54, 1.807) is 19.1 Å². The van der Waals surface area contributed by atoms with E-state index in [0.717, 1.165) is 30.3 Å². The lowest BCUT2D eigenvalue weighted by molar-refractivity contribution is 0.101. The van der Waals surface area contributed by atoms with Crippen molar-refractivity contribution >= 4 is 12.1 Å². The van der Waals surface area contributed by atoms with Gasteiger partial charge in [0.05, 0.1) is 0 Å². The molecule has 0 atom stereocenters. The third kappa shape index (κ3) is 1.60. The van der Waals surface area contributed by atoms with Crippen LogP contribution in [-0.4, -0.2) is 12.1 Å². The molecule has 0 aliphatic heterocycles. The predicted molar refractivity (Wildman–Crippen MR) is 53.8 cm³/mol. The molecule has 1 aliphatic rings. The van der Waals surface area contributed by atoms with Crippen LogP contribution in [0, 0.1) is 0 Å². The van der Waals surface area contributed by atoms with E-state index < -0.39 is 0 Å². The minimum Gasteiger partial charge on any atom is -0.298 e. The van der Waals surface area contributed by atoms with Gasteiger partial charge in [-0.05, 0) is 37.3 Å². The molecule has 0 heterocycles. The zero-order valence-electron chi connectivity index (χ0n) is 8.12. The van der Waals surface area contributed by atoms with Crippen molar-refractivity contribution in [3.05, 3.63) is 34.9 Å². The number of carbonyl (C=O) groups is 2. The summed E-state index contributed by atoms with van der Waals surface area (Å²) < 4.78 is 0. The monoisotopic (exact) mass is 188 g/mol. The van der Waals surface area contributed by atoms with Crippen LogP contribution < -0.4 is 0 Å². The van der Waals surface area contributed by atoms with Gasteiger partial charge in [0.1, 0.15) is 6.29 Å². The molecule has 14 heavy (non-hydrogen) atoms. The highest BCUT2D eigenvalue weighted by atomic mass is 16.1. The number of hydrogen-bond acceptors (Lipinski definition) is 2. The standard InChI is InChI=1S/C12H12O2/c1-8(14)10-4-5-11(7-13)12(6-10)9-2-3-9/h4-7,9H,2-3H2,1H3. The summed E-state index contributed by atoms with van der Waals surface area (Å²) in [6.45, 7) is 1.55. The fraction of sp³-hybridized carbons (Fsp3) is 0.333. The second-order valence-electron chi connectivity index (χ2n) is 3.79. The Bertz CT molecular complexity index is 389. The second kappa shape index (κ2) is 3.37. The van der Waals surface area contributed by atoms with E-state index >= 15 is 0 Å². The minimum atomic E-state index is 0.0596. The van der Waals surface area contributed by atoms with Crippen LogP contribution in [0.2, 0.25) is 0 Å². The smallest absolute Gasteiger partial charge is 0.159 e. The zero-order valence-corrected chi connectivity index (χ0v) is 8.12. The van der Waals surface area contributed by atoms with E-state index in [-0.39, 0.29) is 5.78 Å². The molecule has 1 saturated carbocycles. The molecule has 1 aromatic rings. The van der Waals surface area contributed by atoms with Gasteiger partial charge in [0.25, 0.3) is 0 Å². The summed E-state index contributed by atoms with van der Waals surface area (Å²) in [5, 5.41) is 0. The molecule has 0 amide bonds. The number of hydrogen-bond donors (Lipinski definition) is 0. The molecule has 2 rings (SSSR count). The Balaban J connectivity index is 2.46. The number of ketones is 1. The van der Waals surface area contributed by atoms with Gasteiger partial charge < -0.3 is 0 Å². The van der Waals surface area contributed by atoms with E-state index in [0.29, 0.717) is 11.5 Å². The maximum atomic E-state index is 11.2. The van der Waals surface area contributed by atoms with Gasteiger partial charge in [-0.15, -0.1) is 0 Å². The fourth-order valence-electron chi connectivity index (χ4n) is 1.65. The van der Waals surface area contributed by atoms with Crippen molar-refractivity contribution in [2.24, 2.45) is 0 Å². The minimum absolute atomic E-state index is 0.0596. The van der Waals surface area contributed by atoms with Crippen LogP contribution in [0.1, 0.15) is 52.0 Å². The van der Waals surface area contributed by atoms with Crippen LogP contribution in [-0.2, 0) is 0 Å². The largest absolute Gasteiger partial charge is 0.298 e. The Morgan fingerprint density at radius 2 is 2.14 bits per heavy atom. The van der Waals surface area contributed by atoms with Gasteiger partial charge in [0.15, 0.2) is 5.78 Å². The lowest BCUT2D eigenvalue weighted by atomic mass is 9.99. The summed E-state index contributed by atoms with van der Waals surface area (Å²) >= 11 is 0. The van der Waals surface area contributed by atoms with Crippen molar-refractivity contribution in [2.45, 2.75) is 25.7 Å². The Morgan fingerprint density at radius 3 is 2.64 bits per heavy atom. The number of carbonyl (C=O) groups excluding carboxylic acids is 2. The first-order chi connectivity index (χ1) is 6.72. The van der Waals surface area contributed by atoms with E-state index in [4.69, 9.17) is 0 Å². The highest BCUT2D eigenvalue weighted by Gasteiger charge is 2.26. The lowest BCUT2D eigenvalue weighted by Crippen LogP contribution is -1.97. The Morgan fingerprint density at radius 1 is 1.43 bits per heavy atom. The number of benzene rings is 1. The van der Waals surface area contributed by atoms with E-state index in [2.05, 4.69) is 0 Å². The molecule has 72 valence electrons. The molecule has 0 N–H and O–H groups in total. The molecule has 1 aliphatic carbocycles. The van der Waals surface area contributed by atoms with Crippen LogP contribution in [0.3, 0.4) is 0 Å². The molecule has 1 fully saturated rings. The van der Waals surface area contributed by atoms with Gasteiger partial charge in [-0.25, -0.2) is 0 Å². The molecule has 2 nitrogen and oxygen atoms in total. The van der Waals surface area contributed by atoms with Crippen LogP contribution >= 0.6 is 0 Å². The van der Waals surface area contributed by atoms with Gasteiger partial charge in [0, 0.05) is 11.1 Å². The van der Waals surface area contributed by atoms with Gasteiger partial charge >= 0.3 is 0 Å². The maximum absolute atomic E-state index is 11.2. The van der Waals surface area contributed by atoms with E-state index in [1.807, 2.05) is 6.07 Å².